The number of thioether (sulfide) groups is 1. The van der Waals surface area contributed by atoms with E-state index in [4.69, 9.17) is 11.6 Å². The molecule has 3 aromatic rings. The zero-order valence-electron chi connectivity index (χ0n) is 16.9. The highest BCUT2D eigenvalue weighted by molar-refractivity contribution is 7.98. The summed E-state index contributed by atoms with van der Waals surface area (Å²) in [5, 5.41) is 3.48. The highest BCUT2D eigenvalue weighted by atomic mass is 35.5. The van der Waals surface area contributed by atoms with Gasteiger partial charge in [0.25, 0.3) is 5.91 Å². The summed E-state index contributed by atoms with van der Waals surface area (Å²) in [7, 11) is 4.13. The highest BCUT2D eigenvalue weighted by Gasteiger charge is 2.12. The lowest BCUT2D eigenvalue weighted by Crippen LogP contribution is -2.23. The maximum absolute atomic E-state index is 12.7. The minimum atomic E-state index is -0.165. The predicted octanol–water partition coefficient (Wildman–Crippen LogP) is 5.72. The molecule has 0 aromatic heterocycles. The van der Waals surface area contributed by atoms with Gasteiger partial charge < -0.3 is 10.2 Å². The molecular weight excluding hydrogens is 400 g/mol. The molecule has 0 atom stereocenters. The van der Waals surface area contributed by atoms with Crippen LogP contribution in [0.15, 0.2) is 71.6 Å². The van der Waals surface area contributed by atoms with Gasteiger partial charge in [-0.05, 0) is 60.8 Å². The van der Waals surface area contributed by atoms with Crippen molar-refractivity contribution in [3.8, 4) is 11.1 Å². The Morgan fingerprint density at radius 1 is 1.03 bits per heavy atom. The molecule has 1 N–H and O–H groups in total. The molecule has 0 saturated heterocycles. The number of amides is 1. The average Bonchev–Trinajstić information content (AvgIpc) is 2.73. The number of carbonyl (C=O) groups excluding carboxylic acids is 1. The standard InChI is InChI=1S/C24H25ClN2OS/c1-27(2)16-17-8-10-18(11-9-17)21-7-5-4-6-19(21)15-26-24(28)22-14-20(29-3)12-13-23(22)25/h4-14H,15-16H2,1-3H3,(H,26,28). The van der Waals surface area contributed by atoms with Crippen LogP contribution in [0.1, 0.15) is 21.5 Å². The van der Waals surface area contributed by atoms with Crippen LogP contribution in [0.3, 0.4) is 0 Å². The van der Waals surface area contributed by atoms with Crippen LogP contribution in [0.5, 0.6) is 0 Å². The van der Waals surface area contributed by atoms with Crippen LogP contribution in [0.2, 0.25) is 5.02 Å². The fraction of sp³-hybridized carbons (Fsp3) is 0.208. The van der Waals surface area contributed by atoms with Crippen molar-refractivity contribution < 1.29 is 4.79 Å². The molecule has 0 radical (unpaired) electrons. The molecule has 0 fully saturated rings. The van der Waals surface area contributed by atoms with Gasteiger partial charge in [-0.1, -0.05) is 60.1 Å². The topological polar surface area (TPSA) is 32.3 Å². The summed E-state index contributed by atoms with van der Waals surface area (Å²) in [6.45, 7) is 1.35. The maximum Gasteiger partial charge on any atom is 0.253 e. The van der Waals surface area contributed by atoms with Gasteiger partial charge in [0.05, 0.1) is 10.6 Å². The maximum atomic E-state index is 12.7. The Labute approximate surface area is 182 Å². The largest absolute Gasteiger partial charge is 0.348 e. The zero-order chi connectivity index (χ0) is 20.8. The van der Waals surface area contributed by atoms with Crippen LogP contribution in [0.4, 0.5) is 0 Å². The smallest absolute Gasteiger partial charge is 0.253 e. The predicted molar refractivity (Wildman–Crippen MR) is 124 cm³/mol. The van der Waals surface area contributed by atoms with Crippen molar-refractivity contribution in [2.75, 3.05) is 20.4 Å². The first-order valence-corrected chi connectivity index (χ1v) is 11.0. The van der Waals surface area contributed by atoms with E-state index >= 15 is 0 Å². The lowest BCUT2D eigenvalue weighted by molar-refractivity contribution is 0.0951. The average molecular weight is 425 g/mol. The Balaban J connectivity index is 1.77. The quantitative estimate of drug-likeness (QED) is 0.492. The summed E-state index contributed by atoms with van der Waals surface area (Å²) >= 11 is 7.82. The Kier molecular flexibility index (Phi) is 7.37. The van der Waals surface area contributed by atoms with Gasteiger partial charge in [0.1, 0.15) is 0 Å². The van der Waals surface area contributed by atoms with Gasteiger partial charge in [-0.3, -0.25) is 4.79 Å². The summed E-state index contributed by atoms with van der Waals surface area (Å²) in [5.41, 5.74) is 5.10. The molecule has 3 aromatic carbocycles. The summed E-state index contributed by atoms with van der Waals surface area (Å²) < 4.78 is 0. The first kappa shape index (κ1) is 21.4. The second-order valence-corrected chi connectivity index (χ2v) is 8.41. The molecule has 0 aliphatic carbocycles. The van der Waals surface area contributed by atoms with Crippen LogP contribution >= 0.6 is 23.4 Å². The monoisotopic (exact) mass is 424 g/mol. The van der Waals surface area contributed by atoms with Crippen LogP contribution in [0, 0.1) is 0 Å². The van der Waals surface area contributed by atoms with Gasteiger partial charge in [0.2, 0.25) is 0 Å². The molecule has 0 aliphatic heterocycles. The highest BCUT2D eigenvalue weighted by Crippen LogP contribution is 2.26. The summed E-state index contributed by atoms with van der Waals surface area (Å²) in [6.07, 6.45) is 1.98. The van der Waals surface area contributed by atoms with E-state index in [1.165, 1.54) is 5.56 Å². The molecule has 0 spiro atoms. The number of carbonyl (C=O) groups is 1. The van der Waals surface area contributed by atoms with E-state index in [9.17, 15) is 4.79 Å². The fourth-order valence-corrected chi connectivity index (χ4v) is 3.83. The molecule has 0 heterocycles. The second kappa shape index (κ2) is 9.97. The van der Waals surface area contributed by atoms with E-state index in [0.717, 1.165) is 28.1 Å². The first-order chi connectivity index (χ1) is 14.0. The number of nitrogens with one attached hydrogen (secondary N) is 1. The third kappa shape index (κ3) is 5.63. The molecule has 29 heavy (non-hydrogen) atoms. The number of hydrogen-bond acceptors (Lipinski definition) is 3. The van der Waals surface area contributed by atoms with Crippen LogP contribution in [0.25, 0.3) is 11.1 Å². The first-order valence-electron chi connectivity index (χ1n) is 9.41. The molecule has 1 amide bonds. The summed E-state index contributed by atoms with van der Waals surface area (Å²) in [5.74, 6) is -0.165. The third-order valence-corrected chi connectivity index (χ3v) is 5.69. The van der Waals surface area contributed by atoms with Crippen molar-refractivity contribution >= 4 is 29.3 Å². The van der Waals surface area contributed by atoms with Crippen LogP contribution in [-0.4, -0.2) is 31.2 Å². The molecule has 150 valence electrons. The lowest BCUT2D eigenvalue weighted by atomic mass is 9.98. The number of benzene rings is 3. The SMILES string of the molecule is CSc1ccc(Cl)c(C(=O)NCc2ccccc2-c2ccc(CN(C)C)cc2)c1. The minimum Gasteiger partial charge on any atom is -0.348 e. The van der Waals surface area contributed by atoms with Gasteiger partial charge in [0, 0.05) is 18.0 Å². The van der Waals surface area contributed by atoms with E-state index in [1.54, 1.807) is 17.8 Å². The van der Waals surface area contributed by atoms with E-state index in [0.29, 0.717) is 17.1 Å². The van der Waals surface area contributed by atoms with Gasteiger partial charge in [-0.25, -0.2) is 0 Å². The number of rotatable bonds is 7. The van der Waals surface area contributed by atoms with E-state index < -0.39 is 0 Å². The van der Waals surface area contributed by atoms with Crippen LogP contribution in [-0.2, 0) is 13.1 Å². The van der Waals surface area contributed by atoms with E-state index in [2.05, 4.69) is 54.6 Å². The van der Waals surface area contributed by atoms with Gasteiger partial charge in [0.15, 0.2) is 0 Å². The second-order valence-electron chi connectivity index (χ2n) is 7.12. The minimum absolute atomic E-state index is 0.165. The van der Waals surface area contributed by atoms with Crippen LogP contribution < -0.4 is 5.32 Å². The normalized spacial score (nSPS) is 10.9. The molecule has 3 nitrogen and oxygen atoms in total. The molecule has 0 aliphatic rings. The number of halogens is 1. The van der Waals surface area contributed by atoms with Crippen molar-refractivity contribution in [3.63, 3.8) is 0 Å². The number of hydrogen-bond donors (Lipinski definition) is 1. The summed E-state index contributed by atoms with van der Waals surface area (Å²) in [6, 6.07) is 22.2. The Hall–Kier alpha value is -2.27. The van der Waals surface area contributed by atoms with E-state index in [-0.39, 0.29) is 5.91 Å². The Bertz CT molecular complexity index is 986. The van der Waals surface area contributed by atoms with E-state index in [1.807, 2.05) is 36.6 Å². The van der Waals surface area contributed by atoms with Gasteiger partial charge in [-0.15, -0.1) is 11.8 Å². The molecule has 0 saturated carbocycles. The fourth-order valence-electron chi connectivity index (χ4n) is 3.19. The number of nitrogens with zero attached hydrogens (tertiary/aromatic N) is 1. The molecule has 0 unspecified atom stereocenters. The molecular formula is C24H25ClN2OS. The van der Waals surface area contributed by atoms with Crippen molar-refractivity contribution in [3.05, 3.63) is 88.4 Å². The zero-order valence-corrected chi connectivity index (χ0v) is 18.5. The summed E-state index contributed by atoms with van der Waals surface area (Å²) in [4.78, 5) is 15.9. The van der Waals surface area contributed by atoms with Gasteiger partial charge in [-0.2, -0.15) is 0 Å². The third-order valence-electron chi connectivity index (χ3n) is 4.64. The Morgan fingerprint density at radius 3 is 2.45 bits per heavy atom. The lowest BCUT2D eigenvalue weighted by Gasteiger charge is -2.13. The molecule has 3 rings (SSSR count). The van der Waals surface area contributed by atoms with Crippen molar-refractivity contribution in [1.82, 2.24) is 10.2 Å². The van der Waals surface area contributed by atoms with Crippen molar-refractivity contribution in [2.24, 2.45) is 0 Å². The van der Waals surface area contributed by atoms with Crippen molar-refractivity contribution in [2.45, 2.75) is 18.0 Å². The molecule has 0 bridgehead atoms. The van der Waals surface area contributed by atoms with Gasteiger partial charge >= 0.3 is 0 Å². The Morgan fingerprint density at radius 2 is 1.76 bits per heavy atom. The van der Waals surface area contributed by atoms with Crippen molar-refractivity contribution in [1.29, 1.82) is 0 Å². The molecule has 5 heteroatoms.